The molecule has 0 aromatic carbocycles. The molecular formula is C21H36Cl2O2. The van der Waals surface area contributed by atoms with Gasteiger partial charge in [-0.25, -0.2) is 0 Å². The standard InChI is InChI=1S/C21H36Cl2O2/c22-21(23)19(18-24)14-10-7-5-3-1-2-4-6-8-13-17-25-20-15-11-9-12-16-20/h9,19-21H,1-8,10-17H2. The summed E-state index contributed by atoms with van der Waals surface area (Å²) in [6, 6.07) is 0. The molecule has 0 spiro atoms. The largest absolute Gasteiger partial charge is 0.378 e. The summed E-state index contributed by atoms with van der Waals surface area (Å²) in [4.78, 5) is 10.0. The monoisotopic (exact) mass is 390 g/mol. The molecule has 1 atom stereocenters. The lowest BCUT2D eigenvalue weighted by Gasteiger charge is -2.21. The number of unbranched alkanes of at least 4 members (excludes halogenated alkanes) is 9. The fraction of sp³-hybridized carbons (Fsp3) is 0.905. The van der Waals surface area contributed by atoms with Crippen molar-refractivity contribution in [3.8, 4) is 0 Å². The smallest absolute Gasteiger partial charge is 0.204 e. The molecule has 0 amide bonds. The first-order valence-corrected chi connectivity index (χ1v) is 11.2. The highest BCUT2D eigenvalue weighted by Crippen LogP contribution is 2.21. The van der Waals surface area contributed by atoms with Crippen molar-refractivity contribution >= 4 is 29.5 Å². The Morgan fingerprint density at radius 1 is 0.880 bits per heavy atom. The van der Waals surface area contributed by atoms with Crippen LogP contribution in [-0.2, 0) is 9.53 Å². The maximum absolute atomic E-state index is 10.7. The minimum absolute atomic E-state index is 0.316. The molecule has 1 aliphatic carbocycles. The molecule has 1 saturated carbocycles. The second kappa shape index (κ2) is 16.4. The van der Waals surface area contributed by atoms with Crippen molar-refractivity contribution in [1.82, 2.24) is 0 Å². The van der Waals surface area contributed by atoms with E-state index in [4.69, 9.17) is 27.9 Å². The van der Waals surface area contributed by atoms with Gasteiger partial charge in [0.15, 0.2) is 0 Å². The van der Waals surface area contributed by atoms with E-state index in [1.165, 1.54) is 77.0 Å². The Balaban J connectivity index is 1.75. The van der Waals surface area contributed by atoms with Crippen LogP contribution in [0.25, 0.3) is 0 Å². The number of hydrogen-bond acceptors (Lipinski definition) is 2. The molecule has 0 aliphatic heterocycles. The summed E-state index contributed by atoms with van der Waals surface area (Å²) in [5.74, 6) is -0.316. The lowest BCUT2D eigenvalue weighted by atomic mass is 9.98. The summed E-state index contributed by atoms with van der Waals surface area (Å²) in [7, 11) is 0. The van der Waals surface area contributed by atoms with Crippen LogP contribution in [0, 0.1) is 12.3 Å². The number of alkyl halides is 2. The summed E-state index contributed by atoms with van der Waals surface area (Å²) in [5.41, 5.74) is 0. The third kappa shape index (κ3) is 13.1. The second-order valence-electron chi connectivity index (χ2n) is 7.32. The minimum atomic E-state index is -0.607. The Hall–Kier alpha value is 0.210. The van der Waals surface area contributed by atoms with Gasteiger partial charge in [-0.3, -0.25) is 4.79 Å². The van der Waals surface area contributed by atoms with Crippen molar-refractivity contribution in [1.29, 1.82) is 0 Å². The molecular weight excluding hydrogens is 355 g/mol. The maximum atomic E-state index is 10.7. The van der Waals surface area contributed by atoms with Gasteiger partial charge < -0.3 is 4.74 Å². The number of carbonyl (C=O) groups excluding carboxylic acids is 1. The zero-order chi connectivity index (χ0) is 18.2. The van der Waals surface area contributed by atoms with E-state index in [2.05, 4.69) is 6.42 Å². The van der Waals surface area contributed by atoms with E-state index in [1.807, 2.05) is 6.29 Å². The van der Waals surface area contributed by atoms with Crippen LogP contribution < -0.4 is 0 Å². The van der Waals surface area contributed by atoms with Gasteiger partial charge in [0.2, 0.25) is 6.29 Å². The van der Waals surface area contributed by atoms with Crippen LogP contribution in [0.15, 0.2) is 0 Å². The van der Waals surface area contributed by atoms with Crippen LogP contribution in [-0.4, -0.2) is 23.8 Å². The average molecular weight is 391 g/mol. The molecule has 0 saturated heterocycles. The van der Waals surface area contributed by atoms with Gasteiger partial charge in [-0.05, 0) is 44.9 Å². The fourth-order valence-electron chi connectivity index (χ4n) is 3.43. The molecule has 2 radical (unpaired) electrons. The Morgan fingerprint density at radius 3 is 1.92 bits per heavy atom. The topological polar surface area (TPSA) is 26.3 Å². The van der Waals surface area contributed by atoms with Crippen LogP contribution in [0.3, 0.4) is 0 Å². The molecule has 0 bridgehead atoms. The van der Waals surface area contributed by atoms with Gasteiger partial charge in [0.1, 0.15) is 4.84 Å². The van der Waals surface area contributed by atoms with E-state index < -0.39 is 4.84 Å². The summed E-state index contributed by atoms with van der Waals surface area (Å²) in [6.45, 7) is 0.954. The molecule has 2 nitrogen and oxygen atoms in total. The van der Waals surface area contributed by atoms with Crippen molar-refractivity contribution in [2.75, 3.05) is 6.61 Å². The van der Waals surface area contributed by atoms with Gasteiger partial charge in [-0.15, -0.1) is 23.2 Å². The van der Waals surface area contributed by atoms with Gasteiger partial charge in [-0.1, -0.05) is 57.8 Å². The van der Waals surface area contributed by atoms with Crippen LogP contribution in [0.2, 0.25) is 0 Å². The number of hydrogen-bond donors (Lipinski definition) is 0. The lowest BCUT2D eigenvalue weighted by Crippen LogP contribution is -2.17. The fourth-order valence-corrected chi connectivity index (χ4v) is 3.78. The molecule has 1 rings (SSSR count). The molecule has 0 aromatic heterocycles. The molecule has 0 aromatic rings. The highest BCUT2D eigenvalue weighted by molar-refractivity contribution is 6.45. The molecule has 1 aliphatic rings. The summed E-state index contributed by atoms with van der Waals surface area (Å²) >= 11 is 11.4. The first-order valence-electron chi connectivity index (χ1n) is 10.3. The normalized spacial score (nSPS) is 17.1. The van der Waals surface area contributed by atoms with Crippen LogP contribution in [0.5, 0.6) is 0 Å². The van der Waals surface area contributed by atoms with Gasteiger partial charge >= 0.3 is 0 Å². The van der Waals surface area contributed by atoms with E-state index in [1.54, 1.807) is 0 Å². The second-order valence-corrected chi connectivity index (χ2v) is 8.48. The van der Waals surface area contributed by atoms with E-state index in [9.17, 15) is 4.79 Å². The Morgan fingerprint density at radius 2 is 1.40 bits per heavy atom. The zero-order valence-corrected chi connectivity index (χ0v) is 17.2. The van der Waals surface area contributed by atoms with E-state index in [-0.39, 0.29) is 5.92 Å². The first kappa shape index (κ1) is 23.2. The molecule has 0 heterocycles. The van der Waals surface area contributed by atoms with Crippen molar-refractivity contribution in [2.45, 2.75) is 107 Å². The third-order valence-corrected chi connectivity index (χ3v) is 5.71. The molecule has 0 N–H and O–H groups in total. The van der Waals surface area contributed by atoms with Crippen molar-refractivity contribution < 1.29 is 9.53 Å². The number of rotatable bonds is 16. The zero-order valence-electron chi connectivity index (χ0n) is 15.7. The summed E-state index contributed by atoms with van der Waals surface area (Å²) < 4.78 is 5.94. The predicted molar refractivity (Wildman–Crippen MR) is 108 cm³/mol. The SMILES string of the molecule is O=[C]C(CCCCCCCCCCCCOC1CC[CH]CC1)C(Cl)Cl. The minimum Gasteiger partial charge on any atom is -0.378 e. The highest BCUT2D eigenvalue weighted by Gasteiger charge is 2.16. The maximum Gasteiger partial charge on any atom is 0.204 e. The van der Waals surface area contributed by atoms with E-state index >= 15 is 0 Å². The van der Waals surface area contributed by atoms with Gasteiger partial charge in [-0.2, -0.15) is 0 Å². The van der Waals surface area contributed by atoms with Crippen molar-refractivity contribution in [2.24, 2.45) is 5.92 Å². The van der Waals surface area contributed by atoms with Gasteiger partial charge in [0, 0.05) is 6.61 Å². The highest BCUT2D eigenvalue weighted by atomic mass is 35.5. The quantitative estimate of drug-likeness (QED) is 0.210. The van der Waals surface area contributed by atoms with Crippen LogP contribution in [0.4, 0.5) is 0 Å². The van der Waals surface area contributed by atoms with Crippen molar-refractivity contribution in [3.05, 3.63) is 6.42 Å². The van der Waals surface area contributed by atoms with Gasteiger partial charge in [0.25, 0.3) is 0 Å². The third-order valence-electron chi connectivity index (χ3n) is 5.10. The summed E-state index contributed by atoms with van der Waals surface area (Å²) in [6.07, 6.45) is 23.2. The number of ether oxygens (including phenoxy) is 1. The van der Waals surface area contributed by atoms with Crippen molar-refractivity contribution in [3.63, 3.8) is 0 Å². The lowest BCUT2D eigenvalue weighted by molar-refractivity contribution is 0.0326. The first-order chi connectivity index (χ1) is 12.2. The molecule has 1 fully saturated rings. The molecule has 4 heteroatoms. The Bertz CT molecular complexity index is 304. The van der Waals surface area contributed by atoms with Gasteiger partial charge in [0.05, 0.1) is 12.0 Å². The predicted octanol–water partition coefficient (Wildman–Crippen LogP) is 6.97. The van der Waals surface area contributed by atoms with E-state index in [0.29, 0.717) is 6.10 Å². The Labute approximate surface area is 165 Å². The number of halogens is 2. The molecule has 25 heavy (non-hydrogen) atoms. The summed E-state index contributed by atoms with van der Waals surface area (Å²) in [5, 5.41) is 0. The van der Waals surface area contributed by atoms with Crippen LogP contribution >= 0.6 is 23.2 Å². The molecule has 1 unspecified atom stereocenters. The van der Waals surface area contributed by atoms with Crippen LogP contribution in [0.1, 0.15) is 96.3 Å². The molecule has 146 valence electrons. The average Bonchev–Trinajstić information content (AvgIpc) is 2.62. The van der Waals surface area contributed by atoms with E-state index in [0.717, 1.165) is 25.9 Å². The Kier molecular flexibility index (Phi) is 15.2.